The molecule has 3 aromatic rings. The molecule has 0 spiro atoms. The van der Waals surface area contributed by atoms with Gasteiger partial charge in [-0.25, -0.2) is 4.98 Å². The molecule has 0 atom stereocenters. The minimum Gasteiger partial charge on any atom is -0.368 e. The number of hydrogen-bond donors (Lipinski definition) is 0. The van der Waals surface area contributed by atoms with Crippen LogP contribution in [0.2, 0.25) is 0 Å². The third-order valence-electron chi connectivity index (χ3n) is 5.44. The number of aromatic nitrogens is 2. The van der Waals surface area contributed by atoms with Crippen LogP contribution < -0.4 is 10.5 Å². The number of thioether (sulfide) groups is 1. The van der Waals surface area contributed by atoms with Crippen molar-refractivity contribution in [1.82, 2.24) is 14.5 Å². The molecular weight excluding hydrogens is 441 g/mol. The highest BCUT2D eigenvalue weighted by Gasteiger charge is 2.31. The van der Waals surface area contributed by atoms with E-state index < -0.39 is 11.7 Å². The third-order valence-corrected chi connectivity index (χ3v) is 6.45. The van der Waals surface area contributed by atoms with Crippen molar-refractivity contribution in [3.63, 3.8) is 0 Å². The number of fused-ring (bicyclic) bond motifs is 1. The summed E-state index contributed by atoms with van der Waals surface area (Å²) in [5.74, 6) is 0.0310. The number of benzene rings is 2. The third kappa shape index (κ3) is 4.59. The topological polar surface area (TPSA) is 58.4 Å². The van der Waals surface area contributed by atoms with Gasteiger partial charge >= 0.3 is 6.18 Å². The van der Waals surface area contributed by atoms with Crippen molar-refractivity contribution in [3.8, 4) is 0 Å². The van der Waals surface area contributed by atoms with E-state index in [9.17, 15) is 22.8 Å². The van der Waals surface area contributed by atoms with Crippen LogP contribution in [0.3, 0.4) is 0 Å². The predicted molar refractivity (Wildman–Crippen MR) is 118 cm³/mol. The molecule has 0 radical (unpaired) electrons. The van der Waals surface area contributed by atoms with Gasteiger partial charge in [0.1, 0.15) is 0 Å². The lowest BCUT2D eigenvalue weighted by Gasteiger charge is -2.36. The van der Waals surface area contributed by atoms with Gasteiger partial charge in [0, 0.05) is 38.9 Å². The highest BCUT2D eigenvalue weighted by Crippen LogP contribution is 2.32. The quantitative estimate of drug-likeness (QED) is 0.440. The molecule has 1 aromatic heterocycles. The second-order valence-corrected chi connectivity index (χ2v) is 8.42. The molecule has 0 unspecified atom stereocenters. The lowest BCUT2D eigenvalue weighted by molar-refractivity contribution is -0.137. The van der Waals surface area contributed by atoms with Gasteiger partial charge in [-0.3, -0.25) is 14.2 Å². The van der Waals surface area contributed by atoms with Crippen LogP contribution in [0.1, 0.15) is 5.56 Å². The Morgan fingerprint density at radius 3 is 2.50 bits per heavy atom. The summed E-state index contributed by atoms with van der Waals surface area (Å²) in [6.07, 6.45) is -4.39. The first-order valence-corrected chi connectivity index (χ1v) is 11.0. The van der Waals surface area contributed by atoms with Gasteiger partial charge in [-0.15, -0.1) is 0 Å². The zero-order valence-electron chi connectivity index (χ0n) is 17.3. The van der Waals surface area contributed by atoms with Crippen molar-refractivity contribution in [2.45, 2.75) is 11.3 Å². The van der Waals surface area contributed by atoms with Crippen LogP contribution in [0.5, 0.6) is 0 Å². The molecule has 2 heterocycles. The number of anilines is 1. The summed E-state index contributed by atoms with van der Waals surface area (Å²) in [4.78, 5) is 33.2. The molecule has 0 bridgehead atoms. The molecule has 0 saturated carbocycles. The van der Waals surface area contributed by atoms with Gasteiger partial charge in [-0.05, 0) is 30.3 Å². The molecule has 168 valence electrons. The Balaban J connectivity index is 1.37. The van der Waals surface area contributed by atoms with E-state index in [0.29, 0.717) is 47.9 Å². The minimum absolute atomic E-state index is 0.0962. The van der Waals surface area contributed by atoms with Crippen LogP contribution in [-0.2, 0) is 18.0 Å². The van der Waals surface area contributed by atoms with Crippen molar-refractivity contribution >= 4 is 34.3 Å². The molecule has 6 nitrogen and oxygen atoms in total. The fraction of sp³-hybridized carbons (Fsp3) is 0.318. The molecule has 4 rings (SSSR count). The summed E-state index contributed by atoms with van der Waals surface area (Å²) in [5, 5.41) is 0.987. The Kier molecular flexibility index (Phi) is 6.14. The number of halogens is 3. The molecule has 10 heteroatoms. The fourth-order valence-electron chi connectivity index (χ4n) is 3.64. The van der Waals surface area contributed by atoms with Crippen LogP contribution in [0, 0.1) is 0 Å². The van der Waals surface area contributed by atoms with Crippen LogP contribution in [0.15, 0.2) is 58.5 Å². The van der Waals surface area contributed by atoms with Gasteiger partial charge in [0.25, 0.3) is 5.56 Å². The number of carbonyl (C=O) groups excluding carboxylic acids is 1. The molecule has 1 saturated heterocycles. The van der Waals surface area contributed by atoms with Crippen molar-refractivity contribution < 1.29 is 18.0 Å². The van der Waals surface area contributed by atoms with E-state index in [2.05, 4.69) is 4.98 Å². The van der Waals surface area contributed by atoms with E-state index in [1.807, 2.05) is 4.90 Å². The highest BCUT2D eigenvalue weighted by molar-refractivity contribution is 7.99. The Morgan fingerprint density at radius 1 is 1.06 bits per heavy atom. The van der Waals surface area contributed by atoms with Crippen LogP contribution in [0.4, 0.5) is 18.9 Å². The lowest BCUT2D eigenvalue weighted by atomic mass is 10.1. The minimum atomic E-state index is -4.39. The van der Waals surface area contributed by atoms with Crippen LogP contribution >= 0.6 is 11.8 Å². The van der Waals surface area contributed by atoms with Crippen LogP contribution in [-0.4, -0.2) is 52.3 Å². The Hall–Kier alpha value is -3.01. The van der Waals surface area contributed by atoms with Crippen molar-refractivity contribution in [2.75, 3.05) is 36.8 Å². The van der Waals surface area contributed by atoms with E-state index in [1.54, 1.807) is 42.3 Å². The molecule has 0 N–H and O–H groups in total. The number of rotatable bonds is 4. The Labute approximate surface area is 186 Å². The monoisotopic (exact) mass is 462 g/mol. The van der Waals surface area contributed by atoms with Gasteiger partial charge in [0.05, 0.1) is 22.2 Å². The highest BCUT2D eigenvalue weighted by atomic mass is 32.2. The SMILES string of the molecule is Cn1c(SCC(=O)N2CCN(c3cccc(C(F)(F)F)c3)CC2)nc2ccccc2c1=O. The second kappa shape index (κ2) is 8.85. The number of alkyl halides is 3. The average Bonchev–Trinajstić information content (AvgIpc) is 2.80. The Bertz CT molecular complexity index is 1200. The maximum Gasteiger partial charge on any atom is 0.416 e. The number of piperazine rings is 1. The number of nitrogens with zero attached hydrogens (tertiary/aromatic N) is 4. The standard InChI is InChI=1S/C22H21F3N4O2S/c1-27-20(31)17-7-2-3-8-18(17)26-21(27)32-14-19(30)29-11-9-28(10-12-29)16-6-4-5-15(13-16)22(23,24)25/h2-8,13H,9-12,14H2,1H3. The Morgan fingerprint density at radius 2 is 1.78 bits per heavy atom. The largest absolute Gasteiger partial charge is 0.416 e. The summed E-state index contributed by atoms with van der Waals surface area (Å²) in [7, 11) is 1.63. The van der Waals surface area contributed by atoms with Crippen molar-refractivity contribution in [1.29, 1.82) is 0 Å². The zero-order valence-corrected chi connectivity index (χ0v) is 18.1. The predicted octanol–water partition coefficient (Wildman–Crippen LogP) is 3.39. The molecule has 1 amide bonds. The van der Waals surface area contributed by atoms with E-state index >= 15 is 0 Å². The number of para-hydroxylation sites is 1. The van der Waals surface area contributed by atoms with Crippen molar-refractivity contribution in [3.05, 3.63) is 64.4 Å². The molecule has 2 aromatic carbocycles. The number of carbonyl (C=O) groups is 1. The van der Waals surface area contributed by atoms with Gasteiger partial charge < -0.3 is 9.80 Å². The summed E-state index contributed by atoms with van der Waals surface area (Å²) in [5.41, 5.74) is 0.232. The van der Waals surface area contributed by atoms with Gasteiger partial charge in [0.2, 0.25) is 5.91 Å². The first kappa shape index (κ1) is 22.2. The second-order valence-electron chi connectivity index (χ2n) is 7.48. The van der Waals surface area contributed by atoms with E-state index in [0.717, 1.165) is 12.1 Å². The summed E-state index contributed by atoms with van der Waals surface area (Å²) in [6, 6.07) is 12.3. The molecule has 1 aliphatic heterocycles. The first-order valence-electron chi connectivity index (χ1n) is 10.0. The average molecular weight is 462 g/mol. The van der Waals surface area contributed by atoms with E-state index in [-0.39, 0.29) is 17.2 Å². The fourth-order valence-corrected chi connectivity index (χ4v) is 4.51. The number of amides is 1. The van der Waals surface area contributed by atoms with Crippen molar-refractivity contribution in [2.24, 2.45) is 7.05 Å². The normalized spacial score (nSPS) is 14.8. The molecule has 32 heavy (non-hydrogen) atoms. The van der Waals surface area contributed by atoms with Gasteiger partial charge in [-0.1, -0.05) is 30.0 Å². The maximum atomic E-state index is 13.0. The molecular formula is C22H21F3N4O2S. The zero-order chi connectivity index (χ0) is 22.9. The summed E-state index contributed by atoms with van der Waals surface area (Å²) >= 11 is 1.20. The smallest absolute Gasteiger partial charge is 0.368 e. The van der Waals surface area contributed by atoms with Gasteiger partial charge in [0.15, 0.2) is 5.16 Å². The van der Waals surface area contributed by atoms with E-state index in [1.165, 1.54) is 22.4 Å². The lowest BCUT2D eigenvalue weighted by Crippen LogP contribution is -2.49. The molecule has 0 aliphatic carbocycles. The molecule has 1 fully saturated rings. The molecule has 1 aliphatic rings. The maximum absolute atomic E-state index is 13.0. The van der Waals surface area contributed by atoms with E-state index in [4.69, 9.17) is 0 Å². The number of hydrogen-bond acceptors (Lipinski definition) is 5. The summed E-state index contributed by atoms with van der Waals surface area (Å²) in [6.45, 7) is 1.73. The van der Waals surface area contributed by atoms with Gasteiger partial charge in [-0.2, -0.15) is 13.2 Å². The summed E-state index contributed by atoms with van der Waals surface area (Å²) < 4.78 is 40.3. The first-order chi connectivity index (χ1) is 15.2. The van der Waals surface area contributed by atoms with Crippen LogP contribution in [0.25, 0.3) is 10.9 Å².